The van der Waals surface area contributed by atoms with Crippen molar-refractivity contribution in [1.82, 2.24) is 0 Å². The molecule has 120 valence electrons. The molecule has 0 radical (unpaired) electrons. The summed E-state index contributed by atoms with van der Waals surface area (Å²) < 4.78 is 0. The minimum Gasteiger partial charge on any atom is -0.314 e. The third kappa shape index (κ3) is 2.13. The zero-order valence-electron chi connectivity index (χ0n) is 13.3. The van der Waals surface area contributed by atoms with Crippen LogP contribution in [0.2, 0.25) is 0 Å². The fraction of sp³-hybridized carbons (Fsp3) is 0.200. The predicted molar refractivity (Wildman–Crippen MR) is 96.4 cm³/mol. The van der Waals surface area contributed by atoms with Gasteiger partial charge in [-0.25, -0.2) is 0 Å². The van der Waals surface area contributed by atoms with Crippen LogP contribution >= 0.6 is 11.8 Å². The molecule has 0 saturated carbocycles. The van der Waals surface area contributed by atoms with E-state index >= 15 is 0 Å². The molecule has 0 aromatic heterocycles. The van der Waals surface area contributed by atoms with Gasteiger partial charge in [0.15, 0.2) is 5.78 Å². The van der Waals surface area contributed by atoms with Crippen LogP contribution in [0, 0.1) is 0 Å². The smallest absolute Gasteiger partial charge is 0.242 e. The minimum atomic E-state index is -0.764. The Kier molecular flexibility index (Phi) is 3.57. The van der Waals surface area contributed by atoms with E-state index in [1.54, 1.807) is 22.7 Å². The second kappa shape index (κ2) is 5.64. The molecular weight excluding hydrogens is 318 g/mol. The van der Waals surface area contributed by atoms with Gasteiger partial charge in [0.05, 0.1) is 0 Å². The Morgan fingerprint density at radius 3 is 2.54 bits per heavy atom. The average molecular weight is 335 g/mol. The minimum absolute atomic E-state index is 0.0425. The predicted octanol–water partition coefficient (Wildman–Crippen LogP) is 3.59. The first-order chi connectivity index (χ1) is 11.6. The summed E-state index contributed by atoms with van der Waals surface area (Å²) in [5, 5.41) is -0.143. The monoisotopic (exact) mass is 335 g/mol. The Bertz CT molecular complexity index is 846. The van der Waals surface area contributed by atoms with Crippen molar-refractivity contribution in [3.8, 4) is 0 Å². The molecule has 0 N–H and O–H groups in total. The lowest BCUT2D eigenvalue weighted by molar-refractivity contribution is -0.122. The van der Waals surface area contributed by atoms with Crippen molar-refractivity contribution in [2.45, 2.75) is 22.0 Å². The number of anilines is 1. The topological polar surface area (TPSA) is 37.4 Å². The normalized spacial score (nSPS) is 25.4. The Morgan fingerprint density at radius 2 is 1.75 bits per heavy atom. The Labute approximate surface area is 145 Å². The Morgan fingerprint density at radius 1 is 1.04 bits per heavy atom. The first-order valence-corrected chi connectivity index (χ1v) is 8.82. The number of likely N-dealkylation sites (N-methyl/N-ethyl adjacent to an activating group) is 1. The van der Waals surface area contributed by atoms with Crippen LogP contribution in [0.5, 0.6) is 0 Å². The van der Waals surface area contributed by atoms with E-state index in [2.05, 4.69) is 0 Å². The summed E-state index contributed by atoms with van der Waals surface area (Å²) >= 11 is 1.61. The van der Waals surface area contributed by atoms with Crippen molar-refractivity contribution in [3.63, 3.8) is 0 Å². The molecule has 1 spiro atoms. The zero-order chi connectivity index (χ0) is 16.7. The van der Waals surface area contributed by atoms with E-state index in [-0.39, 0.29) is 16.9 Å². The van der Waals surface area contributed by atoms with E-state index < -0.39 is 5.41 Å². The number of thioether (sulfide) groups is 1. The molecule has 1 heterocycles. The van der Waals surface area contributed by atoms with Gasteiger partial charge in [-0.05, 0) is 29.8 Å². The van der Waals surface area contributed by atoms with Crippen LogP contribution in [-0.2, 0) is 15.0 Å². The number of amides is 1. The van der Waals surface area contributed by atoms with Crippen molar-refractivity contribution in [2.75, 3.05) is 11.9 Å². The molecule has 4 heteroatoms. The van der Waals surface area contributed by atoms with Gasteiger partial charge >= 0.3 is 0 Å². The molecule has 2 aromatic carbocycles. The highest BCUT2D eigenvalue weighted by Crippen LogP contribution is 2.51. The quantitative estimate of drug-likeness (QED) is 0.842. The summed E-state index contributed by atoms with van der Waals surface area (Å²) in [4.78, 5) is 28.1. The number of para-hydroxylation sites is 1. The number of nitrogens with zero attached hydrogens (tertiary/aromatic N) is 1. The number of carbonyl (C=O) groups is 2. The SMILES string of the molecule is CN1C(=O)C2(C=CC(=O)CC2Sc2ccccc2)c2ccccc21. The molecule has 24 heavy (non-hydrogen) atoms. The summed E-state index contributed by atoms with van der Waals surface area (Å²) in [6, 6.07) is 17.9. The van der Waals surface area contributed by atoms with Crippen LogP contribution in [0.1, 0.15) is 12.0 Å². The lowest BCUT2D eigenvalue weighted by Gasteiger charge is -2.35. The molecule has 1 aliphatic carbocycles. The van der Waals surface area contributed by atoms with Crippen LogP contribution in [0.3, 0.4) is 0 Å². The number of allylic oxidation sites excluding steroid dienone is 1. The van der Waals surface area contributed by atoms with Gasteiger partial charge in [-0.2, -0.15) is 0 Å². The summed E-state index contributed by atoms with van der Waals surface area (Å²) in [6.45, 7) is 0. The molecule has 1 aliphatic heterocycles. The van der Waals surface area contributed by atoms with Gasteiger partial charge in [0.2, 0.25) is 5.91 Å². The Hall–Kier alpha value is -2.33. The molecule has 2 unspecified atom stereocenters. The number of ketones is 1. The van der Waals surface area contributed by atoms with E-state index in [1.807, 2.05) is 67.7 Å². The third-order valence-electron chi connectivity index (χ3n) is 4.82. The van der Waals surface area contributed by atoms with Crippen LogP contribution in [0.4, 0.5) is 5.69 Å². The van der Waals surface area contributed by atoms with Crippen LogP contribution < -0.4 is 4.90 Å². The van der Waals surface area contributed by atoms with E-state index in [4.69, 9.17) is 0 Å². The van der Waals surface area contributed by atoms with Crippen molar-refractivity contribution in [3.05, 3.63) is 72.3 Å². The fourth-order valence-corrected chi connectivity index (χ4v) is 5.01. The molecule has 0 saturated heterocycles. The van der Waals surface area contributed by atoms with E-state index in [9.17, 15) is 9.59 Å². The maximum atomic E-state index is 13.2. The van der Waals surface area contributed by atoms with Crippen LogP contribution in [0.15, 0.2) is 71.6 Å². The zero-order valence-corrected chi connectivity index (χ0v) is 14.1. The van der Waals surface area contributed by atoms with Crippen molar-refractivity contribution < 1.29 is 9.59 Å². The van der Waals surface area contributed by atoms with Crippen LogP contribution in [-0.4, -0.2) is 24.0 Å². The van der Waals surface area contributed by atoms with E-state index in [0.717, 1.165) is 16.1 Å². The maximum Gasteiger partial charge on any atom is 0.242 e. The summed E-state index contributed by atoms with van der Waals surface area (Å²) in [7, 11) is 1.81. The number of benzene rings is 2. The number of hydrogen-bond donors (Lipinski definition) is 0. The number of fused-ring (bicyclic) bond motifs is 2. The number of carbonyl (C=O) groups excluding carboxylic acids is 2. The van der Waals surface area contributed by atoms with Crippen molar-refractivity contribution >= 4 is 29.1 Å². The highest BCUT2D eigenvalue weighted by atomic mass is 32.2. The lowest BCUT2D eigenvalue weighted by Crippen LogP contribution is -2.47. The number of rotatable bonds is 2. The van der Waals surface area contributed by atoms with Gasteiger partial charge < -0.3 is 4.90 Å². The molecule has 0 bridgehead atoms. The first-order valence-electron chi connectivity index (χ1n) is 7.94. The van der Waals surface area contributed by atoms with Gasteiger partial charge in [0.1, 0.15) is 5.41 Å². The molecule has 2 atom stereocenters. The van der Waals surface area contributed by atoms with E-state index in [1.165, 1.54) is 0 Å². The lowest BCUT2D eigenvalue weighted by atomic mass is 9.73. The highest BCUT2D eigenvalue weighted by Gasteiger charge is 2.54. The maximum absolute atomic E-state index is 13.2. The summed E-state index contributed by atoms with van der Waals surface area (Å²) in [6.07, 6.45) is 3.77. The fourth-order valence-electron chi connectivity index (χ4n) is 3.63. The van der Waals surface area contributed by atoms with Gasteiger partial charge in [-0.15, -0.1) is 11.8 Å². The second-order valence-corrected chi connectivity index (χ2v) is 7.45. The van der Waals surface area contributed by atoms with Gasteiger partial charge in [0.25, 0.3) is 0 Å². The third-order valence-corrected chi connectivity index (χ3v) is 6.19. The van der Waals surface area contributed by atoms with E-state index in [0.29, 0.717) is 6.42 Å². The molecule has 3 nitrogen and oxygen atoms in total. The highest BCUT2D eigenvalue weighted by molar-refractivity contribution is 8.00. The average Bonchev–Trinajstić information content (AvgIpc) is 2.82. The molecule has 4 rings (SSSR count). The second-order valence-electron chi connectivity index (χ2n) is 6.17. The Balaban J connectivity index is 1.85. The van der Waals surface area contributed by atoms with Crippen molar-refractivity contribution in [1.29, 1.82) is 0 Å². The molecule has 2 aliphatic rings. The molecule has 2 aromatic rings. The van der Waals surface area contributed by atoms with Crippen molar-refractivity contribution in [2.24, 2.45) is 0 Å². The van der Waals surface area contributed by atoms with Gasteiger partial charge in [-0.1, -0.05) is 42.5 Å². The first kappa shape index (κ1) is 15.2. The molecular formula is C20H17NO2S. The summed E-state index contributed by atoms with van der Waals surface area (Å²) in [5.74, 6) is 0.120. The standard InChI is InChI=1S/C20H17NO2S/c1-21-17-10-6-5-9-16(17)20(19(21)23)12-11-14(22)13-18(20)24-15-7-3-2-4-8-15/h2-12,18H,13H2,1H3. The van der Waals surface area contributed by atoms with Crippen LogP contribution in [0.25, 0.3) is 0 Å². The largest absolute Gasteiger partial charge is 0.314 e. The summed E-state index contributed by atoms with van der Waals surface area (Å²) in [5.41, 5.74) is 1.16. The molecule has 0 fully saturated rings. The van der Waals surface area contributed by atoms with Gasteiger partial charge in [-0.3, -0.25) is 9.59 Å². The number of hydrogen-bond acceptors (Lipinski definition) is 3. The molecule has 1 amide bonds. The van der Waals surface area contributed by atoms with Gasteiger partial charge in [0, 0.05) is 29.3 Å².